The van der Waals surface area contributed by atoms with E-state index in [0.29, 0.717) is 28.3 Å². The van der Waals surface area contributed by atoms with Crippen LogP contribution in [0.3, 0.4) is 0 Å². The van der Waals surface area contributed by atoms with Crippen molar-refractivity contribution in [3.63, 3.8) is 0 Å². The van der Waals surface area contributed by atoms with Crippen molar-refractivity contribution in [2.75, 3.05) is 4.72 Å². The van der Waals surface area contributed by atoms with Crippen LogP contribution in [0.1, 0.15) is 44.7 Å². The zero-order chi connectivity index (χ0) is 23.4. The predicted molar refractivity (Wildman–Crippen MR) is 119 cm³/mol. The van der Waals surface area contributed by atoms with E-state index in [1.54, 1.807) is 19.9 Å². The number of carbonyl (C=O) groups excluding carboxylic acids is 3. The van der Waals surface area contributed by atoms with Gasteiger partial charge in [0, 0.05) is 16.4 Å². The van der Waals surface area contributed by atoms with E-state index in [1.807, 2.05) is 0 Å². The summed E-state index contributed by atoms with van der Waals surface area (Å²) in [7, 11) is -3.97. The highest BCUT2D eigenvalue weighted by Gasteiger charge is 2.44. The van der Waals surface area contributed by atoms with Gasteiger partial charge in [0.05, 0.1) is 16.0 Å². The molecule has 4 rings (SSSR count). The summed E-state index contributed by atoms with van der Waals surface area (Å²) in [6.07, 6.45) is 0.736. The molecule has 2 aliphatic rings. The van der Waals surface area contributed by atoms with Crippen LogP contribution in [0.25, 0.3) is 0 Å². The van der Waals surface area contributed by atoms with Gasteiger partial charge in [-0.2, -0.15) is 0 Å². The maximum absolute atomic E-state index is 13.0. The summed E-state index contributed by atoms with van der Waals surface area (Å²) in [5, 5.41) is 3.02. The van der Waals surface area contributed by atoms with E-state index >= 15 is 0 Å². The molecular weight excluding hydrogens is 454 g/mol. The van der Waals surface area contributed by atoms with Crippen LogP contribution in [0.2, 0.25) is 5.02 Å². The van der Waals surface area contributed by atoms with Crippen molar-refractivity contribution >= 4 is 45.0 Å². The van der Waals surface area contributed by atoms with Gasteiger partial charge in [-0.25, -0.2) is 8.42 Å². The van der Waals surface area contributed by atoms with Crippen molar-refractivity contribution < 1.29 is 22.8 Å². The summed E-state index contributed by atoms with van der Waals surface area (Å²) in [4.78, 5) is 39.1. The number of carbonyl (C=O) groups is 3. The lowest BCUT2D eigenvalue weighted by atomic mass is 10.0. The van der Waals surface area contributed by atoms with E-state index in [2.05, 4.69) is 16.6 Å². The number of fused-ring (bicyclic) bond motifs is 1. The first-order chi connectivity index (χ1) is 15.0. The van der Waals surface area contributed by atoms with Crippen molar-refractivity contribution in [2.24, 2.45) is 0 Å². The number of allylic oxidation sites excluding steroid dienone is 1. The molecule has 1 fully saturated rings. The number of hydrogen-bond acceptors (Lipinski definition) is 5. The van der Waals surface area contributed by atoms with Crippen molar-refractivity contribution in [1.29, 1.82) is 0 Å². The number of amides is 3. The fourth-order valence-corrected chi connectivity index (χ4v) is 5.45. The number of anilines is 1. The molecule has 166 valence electrons. The van der Waals surface area contributed by atoms with E-state index < -0.39 is 33.8 Å². The number of halogens is 1. The van der Waals surface area contributed by atoms with Gasteiger partial charge in [0.2, 0.25) is 5.91 Å². The van der Waals surface area contributed by atoms with Crippen molar-refractivity contribution in [2.45, 2.75) is 37.6 Å². The molecule has 0 aromatic heterocycles. The largest absolute Gasteiger partial charge is 0.329 e. The second kappa shape index (κ2) is 7.75. The van der Waals surface area contributed by atoms with Crippen LogP contribution >= 0.6 is 11.6 Å². The average molecular weight is 474 g/mol. The second-order valence-electron chi connectivity index (χ2n) is 7.86. The number of imide groups is 1. The number of sulfonamides is 1. The average Bonchev–Trinajstić information content (AvgIpc) is 2.95. The minimum atomic E-state index is -3.97. The molecule has 0 aliphatic carbocycles. The predicted octanol–water partition coefficient (Wildman–Crippen LogP) is 3.15. The van der Waals surface area contributed by atoms with Gasteiger partial charge < -0.3 is 5.32 Å². The van der Waals surface area contributed by atoms with Crippen LogP contribution in [0.15, 0.2) is 47.5 Å². The molecular formula is C22H20ClN3O5S. The Kier molecular flexibility index (Phi) is 5.34. The Labute approximate surface area is 190 Å². The summed E-state index contributed by atoms with van der Waals surface area (Å²) >= 11 is 6.06. The van der Waals surface area contributed by atoms with Gasteiger partial charge in [0.1, 0.15) is 6.04 Å². The van der Waals surface area contributed by atoms with Gasteiger partial charge in [-0.3, -0.25) is 24.0 Å². The molecule has 2 heterocycles. The Balaban J connectivity index is 1.64. The molecule has 32 heavy (non-hydrogen) atoms. The molecule has 1 unspecified atom stereocenters. The number of benzene rings is 2. The molecule has 2 aromatic rings. The Morgan fingerprint density at radius 2 is 1.75 bits per heavy atom. The SMILES string of the molecule is C=C1CCC(N2C(=O)c3ccc(NS(=O)(=O)c4cc(C)c(Cl)cc4C)cc3C2=O)C(=O)N1. The van der Waals surface area contributed by atoms with E-state index in [9.17, 15) is 22.8 Å². The summed E-state index contributed by atoms with van der Waals surface area (Å²) in [6.45, 7) is 7.03. The highest BCUT2D eigenvalue weighted by atomic mass is 35.5. The van der Waals surface area contributed by atoms with Crippen LogP contribution in [0.4, 0.5) is 5.69 Å². The van der Waals surface area contributed by atoms with Gasteiger partial charge >= 0.3 is 0 Å². The van der Waals surface area contributed by atoms with E-state index in [1.165, 1.54) is 24.3 Å². The molecule has 1 saturated heterocycles. The van der Waals surface area contributed by atoms with Crippen LogP contribution in [-0.4, -0.2) is 37.1 Å². The lowest BCUT2D eigenvalue weighted by Gasteiger charge is -2.29. The maximum atomic E-state index is 13.0. The first-order valence-electron chi connectivity index (χ1n) is 9.80. The third kappa shape index (κ3) is 3.67. The first kappa shape index (κ1) is 22.0. The number of hydrogen-bond donors (Lipinski definition) is 2. The number of nitrogens with one attached hydrogen (secondary N) is 2. The Hall–Kier alpha value is -3.17. The fraction of sp³-hybridized carbons (Fsp3) is 0.227. The van der Waals surface area contributed by atoms with Crippen LogP contribution in [0.5, 0.6) is 0 Å². The Bertz CT molecular complexity index is 1320. The number of rotatable bonds is 4. The normalized spacial score (nSPS) is 18.6. The van der Waals surface area contributed by atoms with Crippen molar-refractivity contribution in [1.82, 2.24) is 10.2 Å². The molecule has 0 spiro atoms. The van der Waals surface area contributed by atoms with Gasteiger partial charge in [-0.1, -0.05) is 18.2 Å². The van der Waals surface area contributed by atoms with Crippen molar-refractivity contribution in [3.05, 3.63) is 69.9 Å². The molecule has 0 radical (unpaired) electrons. The molecule has 8 nitrogen and oxygen atoms in total. The van der Waals surface area contributed by atoms with Gasteiger partial charge in [0.15, 0.2) is 0 Å². The minimum Gasteiger partial charge on any atom is -0.329 e. The third-order valence-corrected chi connectivity index (χ3v) is 7.48. The number of aryl methyl sites for hydroxylation is 2. The third-order valence-electron chi connectivity index (χ3n) is 5.55. The molecule has 10 heteroatoms. The smallest absolute Gasteiger partial charge is 0.262 e. The zero-order valence-corrected chi connectivity index (χ0v) is 18.9. The van der Waals surface area contributed by atoms with Crippen LogP contribution in [-0.2, 0) is 14.8 Å². The molecule has 1 atom stereocenters. The highest BCUT2D eigenvalue weighted by Crippen LogP contribution is 2.31. The summed E-state index contributed by atoms with van der Waals surface area (Å²) in [5.41, 5.74) is 1.89. The van der Waals surface area contributed by atoms with Gasteiger partial charge in [-0.15, -0.1) is 0 Å². The molecule has 0 bridgehead atoms. The van der Waals surface area contributed by atoms with Crippen LogP contribution in [0, 0.1) is 13.8 Å². The van der Waals surface area contributed by atoms with Crippen LogP contribution < -0.4 is 10.0 Å². The van der Waals surface area contributed by atoms with Crippen molar-refractivity contribution in [3.8, 4) is 0 Å². The lowest BCUT2D eigenvalue weighted by Crippen LogP contribution is -2.51. The Morgan fingerprint density at radius 3 is 2.44 bits per heavy atom. The molecule has 2 aromatic carbocycles. The van der Waals surface area contributed by atoms with E-state index in [0.717, 1.165) is 4.90 Å². The maximum Gasteiger partial charge on any atom is 0.262 e. The fourth-order valence-electron chi connectivity index (χ4n) is 3.87. The first-order valence-corrected chi connectivity index (χ1v) is 11.7. The van der Waals surface area contributed by atoms with Gasteiger partial charge in [-0.05, 0) is 68.1 Å². The minimum absolute atomic E-state index is 0.0383. The summed E-state index contributed by atoms with van der Waals surface area (Å²) in [6, 6.07) is 6.20. The Morgan fingerprint density at radius 1 is 1.06 bits per heavy atom. The summed E-state index contributed by atoms with van der Waals surface area (Å²) < 4.78 is 28.3. The number of piperidine rings is 1. The quantitative estimate of drug-likeness (QED) is 0.662. The molecule has 2 aliphatic heterocycles. The lowest BCUT2D eigenvalue weighted by molar-refractivity contribution is -0.125. The molecule has 0 saturated carbocycles. The monoisotopic (exact) mass is 473 g/mol. The van der Waals surface area contributed by atoms with E-state index in [4.69, 9.17) is 11.6 Å². The zero-order valence-electron chi connectivity index (χ0n) is 17.4. The second-order valence-corrected chi connectivity index (χ2v) is 9.92. The van der Waals surface area contributed by atoms with Gasteiger partial charge in [0.25, 0.3) is 21.8 Å². The summed E-state index contributed by atoms with van der Waals surface area (Å²) in [5.74, 6) is -1.70. The highest BCUT2D eigenvalue weighted by molar-refractivity contribution is 7.92. The van der Waals surface area contributed by atoms with E-state index in [-0.39, 0.29) is 28.1 Å². The topological polar surface area (TPSA) is 113 Å². The molecule has 3 amide bonds. The standard InChI is InChI=1S/C22H20ClN3O5S/c1-11-9-19(12(2)8-17(11)23)32(30,31)25-14-5-6-15-16(10-14)22(29)26(21(15)28)18-7-4-13(3)24-20(18)27/h5-6,8-10,18,25H,3-4,7H2,1-2H3,(H,24,27). The number of nitrogens with zero attached hydrogens (tertiary/aromatic N) is 1. The molecule has 2 N–H and O–H groups in total.